The molecule has 2 N–H and O–H groups in total. The SMILES string of the molecule is C=C(C)[C@@H]1CC[C@]2(COP(=O)([O-])[O-])CC[C@]3(C)C(CCC4[C@@]5(C)CC[C@H](CCNC(=O)[C@H](C)[C@@H](OC)C6CCCN6C(=O)C[C@@H](OC)[C@H]([C@@H](C)CC)N(C)C(=O)[C@@H](NC(=O)C(C(C)C)N(C)C)C(C)C)C(C)(C)[C@]5(C)CC[C@]43C)[C@@H]12. The van der Waals surface area contributed by atoms with E-state index in [9.17, 15) is 33.5 Å². The summed E-state index contributed by atoms with van der Waals surface area (Å²) in [7, 11) is 3.63. The lowest BCUT2D eigenvalue weighted by Gasteiger charge is -2.76. The van der Waals surface area contributed by atoms with Crippen molar-refractivity contribution in [3.05, 3.63) is 12.2 Å². The monoisotopic (exact) mass is 1140 g/mol. The molecule has 4 amide bonds. The van der Waals surface area contributed by atoms with E-state index < -0.39 is 44.1 Å². The second-order valence-corrected chi connectivity index (χ2v) is 30.6. The summed E-state index contributed by atoms with van der Waals surface area (Å²) in [6.07, 6.45) is 12.5. The minimum atomic E-state index is -5.11. The van der Waals surface area contributed by atoms with E-state index in [4.69, 9.17) is 14.0 Å². The van der Waals surface area contributed by atoms with Crippen molar-refractivity contribution >= 4 is 31.5 Å². The first kappa shape index (κ1) is 66.7. The average Bonchev–Trinajstić information content (AvgIpc) is 2.05. The number of likely N-dealkylation sites (tertiary alicyclic amines) is 1. The predicted octanol–water partition coefficient (Wildman–Crippen LogP) is 9.65. The van der Waals surface area contributed by atoms with Crippen LogP contribution >= 0.6 is 7.82 Å². The number of likely N-dealkylation sites (N-methyl/N-ethyl adjacent to an activating group) is 2. The van der Waals surface area contributed by atoms with Crippen molar-refractivity contribution in [1.82, 2.24) is 25.3 Å². The smallest absolute Gasteiger partial charge is 0.245 e. The molecule has 460 valence electrons. The highest BCUT2D eigenvalue weighted by molar-refractivity contribution is 7.43. The number of fused-ring (bicyclic) bond motifs is 7. The number of amides is 4. The molecule has 5 saturated carbocycles. The first-order valence-corrected chi connectivity index (χ1v) is 32.7. The van der Waals surface area contributed by atoms with Gasteiger partial charge in [0.2, 0.25) is 23.6 Å². The number of hydrogen-bond donors (Lipinski definition) is 2. The Labute approximate surface area is 485 Å². The highest BCUT2D eigenvalue weighted by atomic mass is 31.2. The Morgan fingerprint density at radius 1 is 0.800 bits per heavy atom. The van der Waals surface area contributed by atoms with Gasteiger partial charge in [-0.1, -0.05) is 109 Å². The predicted molar refractivity (Wildman–Crippen MR) is 313 cm³/mol. The number of hydrogen-bond acceptors (Lipinski definition) is 11. The van der Waals surface area contributed by atoms with E-state index in [0.717, 1.165) is 83.5 Å². The third kappa shape index (κ3) is 12.1. The van der Waals surface area contributed by atoms with Crippen LogP contribution in [-0.4, -0.2) is 130 Å². The van der Waals surface area contributed by atoms with Crippen LogP contribution in [-0.2, 0) is 37.7 Å². The molecule has 15 nitrogen and oxygen atoms in total. The molecule has 18 atom stereocenters. The van der Waals surface area contributed by atoms with E-state index in [1.165, 1.54) is 5.57 Å². The molecule has 6 fully saturated rings. The molecule has 0 spiro atoms. The summed E-state index contributed by atoms with van der Waals surface area (Å²) in [5.41, 5.74) is 1.17. The van der Waals surface area contributed by atoms with Gasteiger partial charge in [0.25, 0.3) is 0 Å². The molecule has 1 aliphatic heterocycles. The maximum absolute atomic E-state index is 14.6. The largest absolute Gasteiger partial charge is 0.790 e. The fourth-order valence-corrected chi connectivity index (χ4v) is 19.9. The lowest BCUT2D eigenvalue weighted by molar-refractivity contribution is -0.344. The van der Waals surface area contributed by atoms with E-state index in [0.29, 0.717) is 43.2 Å². The van der Waals surface area contributed by atoms with Gasteiger partial charge in [0.15, 0.2) is 0 Å². The van der Waals surface area contributed by atoms with E-state index in [-0.39, 0.29) is 98.9 Å². The van der Waals surface area contributed by atoms with Crippen LogP contribution in [0, 0.1) is 85.8 Å². The minimum Gasteiger partial charge on any atom is -0.790 e. The van der Waals surface area contributed by atoms with Crippen LogP contribution in [0.15, 0.2) is 12.2 Å². The fraction of sp³-hybridized carbons (Fsp3) is 0.906. The van der Waals surface area contributed by atoms with Gasteiger partial charge in [-0.3, -0.25) is 24.1 Å². The Hall–Kier alpha value is -2.39. The number of carbonyl (C=O) groups excluding carboxylic acids is 4. The van der Waals surface area contributed by atoms with Gasteiger partial charge in [-0.05, 0) is 184 Å². The highest BCUT2D eigenvalue weighted by Crippen LogP contribution is 2.80. The third-order valence-corrected chi connectivity index (χ3v) is 25.3. The van der Waals surface area contributed by atoms with Crippen LogP contribution in [0.1, 0.15) is 193 Å². The molecule has 1 heterocycles. The molecule has 80 heavy (non-hydrogen) atoms. The normalized spacial score (nSPS) is 35.7. The van der Waals surface area contributed by atoms with E-state index in [1.807, 2.05) is 58.5 Å². The van der Waals surface area contributed by atoms with Crippen molar-refractivity contribution < 1.29 is 47.5 Å². The molecule has 1 saturated heterocycles. The number of rotatable bonds is 24. The van der Waals surface area contributed by atoms with Crippen LogP contribution in [0.2, 0.25) is 0 Å². The Kier molecular flexibility index (Phi) is 21.1. The minimum absolute atomic E-state index is 0.000545. The van der Waals surface area contributed by atoms with E-state index in [2.05, 4.69) is 79.5 Å². The average molecular weight is 1140 g/mol. The van der Waals surface area contributed by atoms with Crippen molar-refractivity contribution in [2.75, 3.05) is 55.1 Å². The summed E-state index contributed by atoms with van der Waals surface area (Å²) < 4.78 is 29.4. The van der Waals surface area contributed by atoms with Crippen molar-refractivity contribution in [2.24, 2.45) is 85.8 Å². The number of allylic oxidation sites excluding steroid dienone is 1. The lowest BCUT2D eigenvalue weighted by Crippen LogP contribution is -2.69. The van der Waals surface area contributed by atoms with Gasteiger partial charge in [0.05, 0.1) is 57.1 Å². The van der Waals surface area contributed by atoms with Gasteiger partial charge in [-0.25, -0.2) is 0 Å². The number of phosphoric acid groups is 1. The van der Waals surface area contributed by atoms with E-state index in [1.54, 1.807) is 26.2 Å². The summed E-state index contributed by atoms with van der Waals surface area (Å²) in [6, 6.07) is -1.92. The summed E-state index contributed by atoms with van der Waals surface area (Å²) in [6.45, 7) is 37.0. The molecule has 0 aromatic rings. The molecule has 16 heteroatoms. The van der Waals surface area contributed by atoms with Gasteiger partial charge < -0.3 is 48.8 Å². The highest BCUT2D eigenvalue weighted by Gasteiger charge is 2.73. The van der Waals surface area contributed by atoms with Crippen LogP contribution in [0.5, 0.6) is 0 Å². The number of carbonyl (C=O) groups is 4. The fourth-order valence-electron chi connectivity index (χ4n) is 19.5. The molecule has 6 rings (SSSR count). The van der Waals surface area contributed by atoms with E-state index >= 15 is 0 Å². The molecule has 0 aromatic heterocycles. The third-order valence-electron chi connectivity index (χ3n) is 24.8. The van der Waals surface area contributed by atoms with Gasteiger partial charge >= 0.3 is 0 Å². The second kappa shape index (κ2) is 25.3. The first-order chi connectivity index (χ1) is 37.1. The van der Waals surface area contributed by atoms with Crippen LogP contribution in [0.25, 0.3) is 0 Å². The Morgan fingerprint density at radius 3 is 2.01 bits per heavy atom. The van der Waals surface area contributed by atoms with Gasteiger partial charge in [0, 0.05) is 34.4 Å². The molecular formula is C64H112N5O10P-2. The zero-order valence-corrected chi connectivity index (χ0v) is 54.4. The van der Waals surface area contributed by atoms with Crippen LogP contribution in [0.3, 0.4) is 0 Å². The standard InChI is InChI=1S/C64H114N5O10P/c1-21-42(8)54(68(18)58(73)52(40(4)5)66-57(72)53(41(6)7)67(16)17)48(77-19)37-50(70)69-36-22-23-47(69)55(78-20)43(9)56(71)65-35-28-44-26-29-62(14)49-25-24-46-51-45(39(2)3)27-30-64(51,38-79-80(74,75)76)34-32-60(46,12)61(49,13)31-33-63(62,15)59(44,10)11/h40-49,51-55H,2,21-38H2,1,3-20H3,(H,65,71)(H,66,72)(H2,74,75,76)/p-2/t42-,43+,44+,45-,46?,47?,48+,49?,51+,52-,53?,54-,55+,60+,61+,62+,63-,64+/m0/s1. The number of nitrogens with one attached hydrogen (secondary N) is 2. The number of phosphoric ester groups is 1. The number of nitrogens with zero attached hydrogens (tertiary/aromatic N) is 3. The summed E-state index contributed by atoms with van der Waals surface area (Å²) in [4.78, 5) is 86.2. The molecule has 6 aliphatic rings. The lowest BCUT2D eigenvalue weighted by atomic mass is 9.28. The maximum atomic E-state index is 14.6. The van der Waals surface area contributed by atoms with Crippen LogP contribution in [0.4, 0.5) is 0 Å². The van der Waals surface area contributed by atoms with Gasteiger partial charge in [-0.2, -0.15) is 0 Å². The van der Waals surface area contributed by atoms with Crippen LogP contribution < -0.4 is 20.4 Å². The zero-order valence-electron chi connectivity index (χ0n) is 53.5. The zero-order chi connectivity index (χ0) is 60.0. The topological polar surface area (TPSA) is 193 Å². The van der Waals surface area contributed by atoms with Crippen molar-refractivity contribution in [2.45, 2.75) is 230 Å². The summed E-state index contributed by atoms with van der Waals surface area (Å²) in [5, 5.41) is 6.43. The van der Waals surface area contributed by atoms with Gasteiger partial charge in [-0.15, -0.1) is 0 Å². The quantitative estimate of drug-likeness (QED) is 0.0691. The maximum Gasteiger partial charge on any atom is 0.245 e. The Bertz CT molecular complexity index is 2250. The molecule has 4 unspecified atom stereocenters. The number of ether oxygens (including phenoxy) is 2. The molecule has 0 radical (unpaired) electrons. The number of methoxy groups -OCH3 is 2. The summed E-state index contributed by atoms with van der Waals surface area (Å²) in [5.74, 6) is 0.637. The molecular weight excluding hydrogens is 1030 g/mol. The first-order valence-electron chi connectivity index (χ1n) is 31.3. The van der Waals surface area contributed by atoms with Gasteiger partial charge in [0.1, 0.15) is 6.04 Å². The Balaban J connectivity index is 1.10. The second-order valence-electron chi connectivity index (χ2n) is 29.4. The molecule has 5 aliphatic carbocycles. The Morgan fingerprint density at radius 2 is 1.45 bits per heavy atom. The summed E-state index contributed by atoms with van der Waals surface area (Å²) >= 11 is 0. The van der Waals surface area contributed by atoms with Crippen molar-refractivity contribution in [3.63, 3.8) is 0 Å². The molecule has 0 aromatic carbocycles. The van der Waals surface area contributed by atoms with Crippen molar-refractivity contribution in [3.8, 4) is 0 Å². The molecule has 0 bridgehead atoms. The van der Waals surface area contributed by atoms with Crippen molar-refractivity contribution in [1.29, 1.82) is 0 Å².